The van der Waals surface area contributed by atoms with Crippen molar-refractivity contribution < 1.29 is 6.85 Å². The quantitative estimate of drug-likeness (QED) is 0.464. The molecule has 0 aromatic rings. The van der Waals surface area contributed by atoms with Crippen molar-refractivity contribution in [3.05, 3.63) is 0 Å². The average molecular weight is 118 g/mol. The lowest BCUT2D eigenvalue weighted by molar-refractivity contribution is 0.327. The largest absolute Gasteiger partial charge is 0.303 e. The zero-order valence-corrected chi connectivity index (χ0v) is 5.31. The van der Waals surface area contributed by atoms with Crippen molar-refractivity contribution in [1.29, 1.82) is 0 Å². The molecule has 8 heavy (non-hydrogen) atoms. The van der Waals surface area contributed by atoms with Gasteiger partial charge in [0.1, 0.15) is 0 Å². The highest BCUT2D eigenvalue weighted by molar-refractivity contribution is 4.76. The summed E-state index contributed by atoms with van der Waals surface area (Å²) in [4.78, 5) is 1.76. The van der Waals surface area contributed by atoms with Gasteiger partial charge in [-0.3, -0.25) is 0 Å². The fraction of sp³-hybridized carbons (Fsp3) is 1.00. The first kappa shape index (κ1) is 2.30. The Labute approximate surface area is 58.7 Å². The molecule has 0 aliphatic carbocycles. The van der Waals surface area contributed by atoms with Gasteiger partial charge in [-0.15, -0.1) is 0 Å². The van der Waals surface area contributed by atoms with Crippen LogP contribution in [0.3, 0.4) is 0 Å². The molecule has 1 heterocycles. The Morgan fingerprint density at radius 1 is 1.88 bits per heavy atom. The molecule has 0 radical (unpaired) electrons. The average Bonchev–Trinajstić information content (AvgIpc) is 2.12. The first-order valence-corrected chi connectivity index (χ1v) is 2.87. The van der Waals surface area contributed by atoms with Gasteiger partial charge in [-0.1, -0.05) is 6.85 Å². The normalized spacial score (nSPS) is 58.0. The highest BCUT2D eigenvalue weighted by Gasteiger charge is 2.21. The number of hydrogen-bond acceptors (Lipinski definition) is 1. The molecule has 1 saturated heterocycles. The van der Waals surface area contributed by atoms with Crippen molar-refractivity contribution in [2.75, 3.05) is 13.6 Å². The molecule has 1 heteroatoms. The van der Waals surface area contributed by atoms with Crippen LogP contribution in [0.1, 0.15) is 27.0 Å². The van der Waals surface area contributed by atoms with Gasteiger partial charge in [0.25, 0.3) is 0 Å². The molecular weight excluding hydrogens is 98.1 g/mol. The minimum absolute atomic E-state index is 0.310. The SMILES string of the molecule is [2H]C([2H])([2H])C1CN(C)C(C)C1([2H])[2H]. The summed E-state index contributed by atoms with van der Waals surface area (Å²) in [6.45, 7) is -0.154. The first-order chi connectivity index (χ1) is 5.67. The molecule has 2 unspecified atom stereocenters. The molecule has 0 aromatic heterocycles. The van der Waals surface area contributed by atoms with E-state index in [9.17, 15) is 0 Å². The second-order valence-electron chi connectivity index (χ2n) is 2.33. The Morgan fingerprint density at radius 2 is 2.62 bits per heavy atom. The molecule has 2 atom stereocenters. The van der Waals surface area contributed by atoms with Crippen LogP contribution in [0, 0.1) is 5.92 Å². The van der Waals surface area contributed by atoms with E-state index in [0.717, 1.165) is 0 Å². The Balaban J connectivity index is 2.91. The van der Waals surface area contributed by atoms with Crippen molar-refractivity contribution in [3.63, 3.8) is 0 Å². The van der Waals surface area contributed by atoms with Crippen molar-refractivity contribution in [1.82, 2.24) is 4.90 Å². The summed E-state index contributed by atoms with van der Waals surface area (Å²) in [7, 11) is 1.76. The fourth-order valence-corrected chi connectivity index (χ4v) is 0.917. The number of rotatable bonds is 0. The molecule has 0 spiro atoms. The Bertz CT molecular complexity index is 200. The van der Waals surface area contributed by atoms with Crippen LogP contribution in [0.2, 0.25) is 0 Å². The topological polar surface area (TPSA) is 3.24 Å². The maximum Gasteiger partial charge on any atom is 0.0286 e. The van der Waals surface area contributed by atoms with Crippen LogP contribution in [0.15, 0.2) is 0 Å². The second kappa shape index (κ2) is 2.06. The zero-order chi connectivity index (χ0) is 10.4. The molecule has 48 valence electrons. The van der Waals surface area contributed by atoms with E-state index >= 15 is 0 Å². The first-order valence-electron chi connectivity index (χ1n) is 5.37. The molecular formula is C7H15N. The molecule has 0 amide bonds. The minimum Gasteiger partial charge on any atom is -0.303 e. The summed E-state index contributed by atoms with van der Waals surface area (Å²) in [5, 5.41) is 0. The van der Waals surface area contributed by atoms with E-state index in [2.05, 4.69) is 0 Å². The minimum atomic E-state index is -2.19. The highest BCUT2D eigenvalue weighted by atomic mass is 15.1. The van der Waals surface area contributed by atoms with Crippen LogP contribution >= 0.6 is 0 Å². The summed E-state index contributed by atoms with van der Waals surface area (Å²) in [6, 6.07) is -0.321. The van der Waals surface area contributed by atoms with E-state index in [0.29, 0.717) is 6.54 Å². The number of hydrogen-bond donors (Lipinski definition) is 0. The van der Waals surface area contributed by atoms with Crippen LogP contribution < -0.4 is 0 Å². The summed E-state index contributed by atoms with van der Waals surface area (Å²) < 4.78 is 37.1. The van der Waals surface area contributed by atoms with Gasteiger partial charge in [-0.2, -0.15) is 0 Å². The molecule has 1 rings (SSSR count). The highest BCUT2D eigenvalue weighted by Crippen LogP contribution is 2.19. The third kappa shape index (κ3) is 1.03. The van der Waals surface area contributed by atoms with Gasteiger partial charge in [-0.05, 0) is 26.3 Å². The van der Waals surface area contributed by atoms with Crippen molar-refractivity contribution in [3.8, 4) is 0 Å². The lowest BCUT2D eigenvalue weighted by atomic mass is 10.1. The molecule has 0 N–H and O–H groups in total. The van der Waals surface area contributed by atoms with Crippen molar-refractivity contribution in [2.45, 2.75) is 26.2 Å². The lowest BCUT2D eigenvalue weighted by Gasteiger charge is -2.12. The van der Waals surface area contributed by atoms with Crippen LogP contribution in [0.4, 0.5) is 0 Å². The molecule has 1 aliphatic heterocycles. The molecule has 1 fully saturated rings. The van der Waals surface area contributed by atoms with E-state index in [4.69, 9.17) is 6.85 Å². The molecule has 1 nitrogen and oxygen atoms in total. The lowest BCUT2D eigenvalue weighted by Crippen LogP contribution is -2.21. The number of nitrogens with zero attached hydrogens (tertiary/aromatic N) is 1. The van der Waals surface area contributed by atoms with Gasteiger partial charge in [0.2, 0.25) is 0 Å². The van der Waals surface area contributed by atoms with Crippen molar-refractivity contribution in [2.24, 2.45) is 5.92 Å². The van der Waals surface area contributed by atoms with Crippen LogP contribution in [-0.4, -0.2) is 24.5 Å². The maximum absolute atomic E-state index is 7.70. The van der Waals surface area contributed by atoms with E-state index in [-0.39, 0.29) is 6.04 Å². The van der Waals surface area contributed by atoms with Crippen LogP contribution in [-0.2, 0) is 0 Å². The van der Waals surface area contributed by atoms with Crippen LogP contribution in [0.25, 0.3) is 0 Å². The van der Waals surface area contributed by atoms with E-state index in [1.807, 2.05) is 0 Å². The standard InChI is InChI=1S/C7H15N/c1-6-4-7(2)8(3)5-6/h6-7H,4-5H2,1-3H3/i1D3,4D2. The third-order valence-electron chi connectivity index (χ3n) is 1.57. The predicted molar refractivity (Wildman–Crippen MR) is 35.9 cm³/mol. The summed E-state index contributed by atoms with van der Waals surface area (Å²) in [6.07, 6.45) is -1.61. The van der Waals surface area contributed by atoms with Crippen LogP contribution in [0.5, 0.6) is 0 Å². The molecule has 0 saturated carbocycles. The van der Waals surface area contributed by atoms with E-state index < -0.39 is 19.1 Å². The summed E-state index contributed by atoms with van der Waals surface area (Å²) in [5.74, 6) is -0.861. The predicted octanol–water partition coefficient (Wildman–Crippen LogP) is 1.35. The smallest absolute Gasteiger partial charge is 0.0286 e. The Hall–Kier alpha value is -0.0400. The van der Waals surface area contributed by atoms with Gasteiger partial charge in [0.15, 0.2) is 0 Å². The van der Waals surface area contributed by atoms with Crippen molar-refractivity contribution >= 4 is 0 Å². The van der Waals surface area contributed by atoms with Gasteiger partial charge >= 0.3 is 0 Å². The van der Waals surface area contributed by atoms with E-state index in [1.165, 1.54) is 0 Å². The van der Waals surface area contributed by atoms with E-state index in [1.54, 1.807) is 18.9 Å². The van der Waals surface area contributed by atoms with Gasteiger partial charge in [0, 0.05) is 19.4 Å². The Morgan fingerprint density at radius 3 is 2.88 bits per heavy atom. The van der Waals surface area contributed by atoms with Gasteiger partial charge in [-0.25, -0.2) is 0 Å². The van der Waals surface area contributed by atoms with Gasteiger partial charge in [0.05, 0.1) is 0 Å². The number of likely N-dealkylation sites (tertiary alicyclic amines) is 1. The maximum atomic E-state index is 7.70. The monoisotopic (exact) mass is 118 g/mol. The summed E-state index contributed by atoms with van der Waals surface area (Å²) >= 11 is 0. The second-order valence-corrected chi connectivity index (χ2v) is 2.33. The Kier molecular flexibility index (Phi) is 0.591. The summed E-state index contributed by atoms with van der Waals surface area (Å²) in [5.41, 5.74) is 0. The molecule has 0 aromatic carbocycles. The molecule has 1 aliphatic rings. The fourth-order valence-electron chi connectivity index (χ4n) is 0.917. The van der Waals surface area contributed by atoms with Gasteiger partial charge < -0.3 is 4.90 Å². The third-order valence-corrected chi connectivity index (χ3v) is 1.57. The molecule has 0 bridgehead atoms. The zero-order valence-electron chi connectivity index (χ0n) is 10.3.